The van der Waals surface area contributed by atoms with E-state index in [0.29, 0.717) is 11.5 Å². The van der Waals surface area contributed by atoms with E-state index in [0.717, 1.165) is 0 Å². The standard InChI is InChI=1S/C12H14N4O2/c1-8(2)16-6-4-11(15-16)14-10-3-5-13-7-9(10)12(17)18/h3-8H,1-2H3,(H,17,18)(H,13,14,15). The summed E-state index contributed by atoms with van der Waals surface area (Å²) in [6, 6.07) is 3.67. The van der Waals surface area contributed by atoms with Gasteiger partial charge in [-0.2, -0.15) is 5.10 Å². The Labute approximate surface area is 104 Å². The highest BCUT2D eigenvalue weighted by atomic mass is 16.4. The van der Waals surface area contributed by atoms with Gasteiger partial charge in [-0.1, -0.05) is 0 Å². The normalized spacial score (nSPS) is 10.6. The van der Waals surface area contributed by atoms with Crippen LogP contribution < -0.4 is 5.32 Å². The van der Waals surface area contributed by atoms with Crippen molar-refractivity contribution in [1.82, 2.24) is 14.8 Å². The summed E-state index contributed by atoms with van der Waals surface area (Å²) in [5.74, 6) is -0.411. The van der Waals surface area contributed by atoms with Crippen LogP contribution in [0, 0.1) is 0 Å². The SMILES string of the molecule is CC(C)n1ccc(Nc2ccncc2C(=O)O)n1. The van der Waals surface area contributed by atoms with Crippen molar-refractivity contribution >= 4 is 17.5 Å². The summed E-state index contributed by atoms with van der Waals surface area (Å²) in [5.41, 5.74) is 0.600. The van der Waals surface area contributed by atoms with E-state index in [2.05, 4.69) is 15.4 Å². The summed E-state index contributed by atoms with van der Waals surface area (Å²) in [4.78, 5) is 14.8. The van der Waals surface area contributed by atoms with Crippen LogP contribution in [0.15, 0.2) is 30.7 Å². The van der Waals surface area contributed by atoms with Gasteiger partial charge in [0, 0.05) is 30.7 Å². The molecule has 2 aromatic heterocycles. The average Bonchev–Trinajstić information content (AvgIpc) is 2.78. The van der Waals surface area contributed by atoms with Crippen molar-refractivity contribution in [1.29, 1.82) is 0 Å². The predicted molar refractivity (Wildman–Crippen MR) is 67.1 cm³/mol. The fraction of sp³-hybridized carbons (Fsp3) is 0.250. The fourth-order valence-corrected chi connectivity index (χ4v) is 1.50. The van der Waals surface area contributed by atoms with E-state index in [1.54, 1.807) is 16.8 Å². The molecule has 0 saturated carbocycles. The Morgan fingerprint density at radius 3 is 2.83 bits per heavy atom. The number of aromatic nitrogens is 3. The second kappa shape index (κ2) is 4.87. The topological polar surface area (TPSA) is 80.0 Å². The number of rotatable bonds is 4. The van der Waals surface area contributed by atoms with Crippen LogP contribution in [0.5, 0.6) is 0 Å². The third-order valence-corrected chi connectivity index (χ3v) is 2.45. The number of carbonyl (C=O) groups is 1. The molecule has 0 aliphatic heterocycles. The highest BCUT2D eigenvalue weighted by Crippen LogP contribution is 2.19. The van der Waals surface area contributed by atoms with Crippen LogP contribution in [0.4, 0.5) is 11.5 Å². The van der Waals surface area contributed by atoms with E-state index in [9.17, 15) is 4.79 Å². The van der Waals surface area contributed by atoms with Crippen LogP contribution in [0.25, 0.3) is 0 Å². The fourth-order valence-electron chi connectivity index (χ4n) is 1.50. The summed E-state index contributed by atoms with van der Waals surface area (Å²) in [6.07, 6.45) is 4.69. The van der Waals surface area contributed by atoms with Crippen LogP contribution in [0.2, 0.25) is 0 Å². The number of pyridine rings is 1. The molecule has 0 radical (unpaired) electrons. The van der Waals surface area contributed by atoms with Crippen molar-refractivity contribution < 1.29 is 9.90 Å². The second-order valence-corrected chi connectivity index (χ2v) is 4.13. The van der Waals surface area contributed by atoms with Crippen molar-refractivity contribution in [2.24, 2.45) is 0 Å². The first-order valence-electron chi connectivity index (χ1n) is 5.57. The molecule has 0 bridgehead atoms. The Balaban J connectivity index is 2.25. The molecule has 94 valence electrons. The average molecular weight is 246 g/mol. The highest BCUT2D eigenvalue weighted by Gasteiger charge is 2.11. The van der Waals surface area contributed by atoms with Gasteiger partial charge in [0.25, 0.3) is 0 Å². The first-order valence-corrected chi connectivity index (χ1v) is 5.57. The molecule has 0 unspecified atom stereocenters. The molecule has 6 heteroatoms. The molecule has 2 rings (SSSR count). The largest absolute Gasteiger partial charge is 0.478 e. The Bertz CT molecular complexity index is 563. The molecule has 0 saturated heterocycles. The summed E-state index contributed by atoms with van der Waals surface area (Å²) in [7, 11) is 0. The molecule has 0 aliphatic rings. The molecule has 6 nitrogen and oxygen atoms in total. The quantitative estimate of drug-likeness (QED) is 0.865. The summed E-state index contributed by atoms with van der Waals surface area (Å²) < 4.78 is 1.80. The number of anilines is 2. The number of carboxylic acid groups (broad SMARTS) is 1. The van der Waals surface area contributed by atoms with Crippen molar-refractivity contribution in [3.63, 3.8) is 0 Å². The molecule has 0 fully saturated rings. The van der Waals surface area contributed by atoms with Gasteiger partial charge in [0.2, 0.25) is 0 Å². The maximum absolute atomic E-state index is 11.0. The molecule has 0 amide bonds. The molecule has 2 aromatic rings. The maximum Gasteiger partial charge on any atom is 0.339 e. The molecule has 0 aromatic carbocycles. The minimum atomic E-state index is -1.02. The zero-order valence-corrected chi connectivity index (χ0v) is 10.2. The smallest absolute Gasteiger partial charge is 0.339 e. The zero-order valence-electron chi connectivity index (χ0n) is 10.2. The Kier molecular flexibility index (Phi) is 3.27. The zero-order chi connectivity index (χ0) is 13.1. The predicted octanol–water partition coefficient (Wildman–Crippen LogP) is 2.30. The molecule has 2 heterocycles. The Morgan fingerprint density at radius 2 is 2.22 bits per heavy atom. The van der Waals surface area contributed by atoms with Crippen molar-refractivity contribution in [2.45, 2.75) is 19.9 Å². The lowest BCUT2D eigenvalue weighted by atomic mass is 10.2. The molecular formula is C12H14N4O2. The van der Waals surface area contributed by atoms with Crippen LogP contribution in [-0.2, 0) is 0 Å². The van der Waals surface area contributed by atoms with Crippen LogP contribution >= 0.6 is 0 Å². The van der Waals surface area contributed by atoms with Crippen molar-refractivity contribution in [3.05, 3.63) is 36.3 Å². The third kappa shape index (κ3) is 2.48. The van der Waals surface area contributed by atoms with Crippen molar-refractivity contribution in [2.75, 3.05) is 5.32 Å². The van der Waals surface area contributed by atoms with Gasteiger partial charge in [0.05, 0.1) is 5.69 Å². The molecule has 0 spiro atoms. The third-order valence-electron chi connectivity index (χ3n) is 2.45. The van der Waals surface area contributed by atoms with Gasteiger partial charge in [0.15, 0.2) is 5.82 Å². The van der Waals surface area contributed by atoms with Gasteiger partial charge in [0.1, 0.15) is 5.56 Å². The van der Waals surface area contributed by atoms with E-state index in [4.69, 9.17) is 5.11 Å². The van der Waals surface area contributed by atoms with Crippen LogP contribution in [0.1, 0.15) is 30.2 Å². The lowest BCUT2D eigenvalue weighted by molar-refractivity contribution is 0.0697. The first-order chi connectivity index (χ1) is 8.58. The maximum atomic E-state index is 11.0. The molecule has 18 heavy (non-hydrogen) atoms. The van der Waals surface area contributed by atoms with E-state index < -0.39 is 5.97 Å². The number of hydrogen-bond acceptors (Lipinski definition) is 4. The summed E-state index contributed by atoms with van der Waals surface area (Å²) in [5, 5.41) is 16.3. The number of nitrogens with one attached hydrogen (secondary N) is 1. The second-order valence-electron chi connectivity index (χ2n) is 4.13. The first kappa shape index (κ1) is 12.1. The van der Waals surface area contributed by atoms with Crippen LogP contribution in [0.3, 0.4) is 0 Å². The molecule has 2 N–H and O–H groups in total. The lowest BCUT2D eigenvalue weighted by Crippen LogP contribution is -2.05. The van der Waals surface area contributed by atoms with Gasteiger partial charge in [-0.05, 0) is 19.9 Å². The van der Waals surface area contributed by atoms with Gasteiger partial charge >= 0.3 is 5.97 Å². The van der Waals surface area contributed by atoms with Crippen molar-refractivity contribution in [3.8, 4) is 0 Å². The number of hydrogen-bond donors (Lipinski definition) is 2. The van der Waals surface area contributed by atoms with Gasteiger partial charge in [-0.3, -0.25) is 9.67 Å². The minimum absolute atomic E-state index is 0.122. The molecule has 0 atom stereocenters. The van der Waals surface area contributed by atoms with Gasteiger partial charge in [-0.25, -0.2) is 4.79 Å². The molecule has 0 aliphatic carbocycles. The number of aromatic carboxylic acids is 1. The molecular weight excluding hydrogens is 232 g/mol. The summed E-state index contributed by atoms with van der Waals surface area (Å²) >= 11 is 0. The lowest BCUT2D eigenvalue weighted by Gasteiger charge is -2.07. The van der Waals surface area contributed by atoms with E-state index >= 15 is 0 Å². The minimum Gasteiger partial charge on any atom is -0.478 e. The monoisotopic (exact) mass is 246 g/mol. The van der Waals surface area contributed by atoms with Gasteiger partial charge < -0.3 is 10.4 Å². The van der Waals surface area contributed by atoms with E-state index in [1.807, 2.05) is 20.0 Å². The van der Waals surface area contributed by atoms with E-state index in [1.165, 1.54) is 12.4 Å². The Hall–Kier alpha value is -2.37. The summed E-state index contributed by atoms with van der Waals surface area (Å²) in [6.45, 7) is 4.04. The van der Waals surface area contributed by atoms with Crippen LogP contribution in [-0.4, -0.2) is 25.8 Å². The van der Waals surface area contributed by atoms with Gasteiger partial charge in [-0.15, -0.1) is 0 Å². The number of nitrogens with zero attached hydrogens (tertiary/aromatic N) is 3. The number of carboxylic acids is 1. The highest BCUT2D eigenvalue weighted by molar-refractivity contribution is 5.94. The van der Waals surface area contributed by atoms with E-state index in [-0.39, 0.29) is 11.6 Å². The Morgan fingerprint density at radius 1 is 1.44 bits per heavy atom.